The van der Waals surface area contributed by atoms with Crippen LogP contribution >= 0.6 is 0 Å². The predicted octanol–water partition coefficient (Wildman–Crippen LogP) is 4.32. The lowest BCUT2D eigenvalue weighted by molar-refractivity contribution is 0.0761. The van der Waals surface area contributed by atoms with Gasteiger partial charge >= 0.3 is 0 Å². The minimum absolute atomic E-state index is 0.0499. The summed E-state index contributed by atoms with van der Waals surface area (Å²) in [6.07, 6.45) is 12.7. The molecule has 1 N–H and O–H groups in total. The molecule has 4 heteroatoms. The Labute approximate surface area is 156 Å². The van der Waals surface area contributed by atoms with Gasteiger partial charge in [-0.1, -0.05) is 30.6 Å². The third kappa shape index (κ3) is 5.20. The molecule has 1 fully saturated rings. The van der Waals surface area contributed by atoms with Crippen LogP contribution in [-0.4, -0.2) is 36.3 Å². The SMILES string of the molecule is O=C(NCCC1=CCCCC1)c1cccc(C(=O)N2CCCCCC2)c1. The van der Waals surface area contributed by atoms with Gasteiger partial charge in [-0.2, -0.15) is 0 Å². The van der Waals surface area contributed by atoms with Crippen LogP contribution in [0.1, 0.15) is 78.5 Å². The molecule has 0 saturated carbocycles. The van der Waals surface area contributed by atoms with E-state index in [0.29, 0.717) is 17.7 Å². The van der Waals surface area contributed by atoms with Crippen molar-refractivity contribution in [1.82, 2.24) is 10.2 Å². The summed E-state index contributed by atoms with van der Waals surface area (Å²) in [6.45, 7) is 2.31. The molecule has 26 heavy (non-hydrogen) atoms. The summed E-state index contributed by atoms with van der Waals surface area (Å²) in [6, 6.07) is 7.15. The smallest absolute Gasteiger partial charge is 0.253 e. The van der Waals surface area contributed by atoms with Crippen molar-refractivity contribution in [2.24, 2.45) is 0 Å². The molecule has 1 aromatic carbocycles. The van der Waals surface area contributed by atoms with Gasteiger partial charge in [0.1, 0.15) is 0 Å². The first-order valence-electron chi connectivity index (χ1n) is 10.1. The van der Waals surface area contributed by atoms with Gasteiger partial charge in [0.2, 0.25) is 0 Å². The average molecular weight is 354 g/mol. The quantitative estimate of drug-likeness (QED) is 0.801. The number of amides is 2. The van der Waals surface area contributed by atoms with Crippen molar-refractivity contribution in [1.29, 1.82) is 0 Å². The molecule has 0 atom stereocenters. The maximum atomic E-state index is 12.7. The van der Waals surface area contributed by atoms with E-state index in [-0.39, 0.29) is 11.8 Å². The van der Waals surface area contributed by atoms with Crippen LogP contribution in [0.2, 0.25) is 0 Å². The van der Waals surface area contributed by atoms with Crippen LogP contribution in [0.25, 0.3) is 0 Å². The van der Waals surface area contributed by atoms with Crippen molar-refractivity contribution >= 4 is 11.8 Å². The second-order valence-electron chi connectivity index (χ2n) is 7.40. The van der Waals surface area contributed by atoms with Gasteiger partial charge in [-0.15, -0.1) is 0 Å². The van der Waals surface area contributed by atoms with E-state index in [4.69, 9.17) is 0 Å². The Morgan fingerprint density at radius 3 is 2.46 bits per heavy atom. The number of nitrogens with one attached hydrogen (secondary N) is 1. The Bertz CT molecular complexity index is 658. The highest BCUT2D eigenvalue weighted by Gasteiger charge is 2.18. The Balaban J connectivity index is 1.56. The minimum atomic E-state index is -0.0908. The molecule has 0 spiro atoms. The zero-order valence-electron chi connectivity index (χ0n) is 15.6. The number of benzene rings is 1. The molecule has 1 heterocycles. The van der Waals surface area contributed by atoms with Gasteiger partial charge in [0.15, 0.2) is 0 Å². The van der Waals surface area contributed by atoms with E-state index in [2.05, 4.69) is 11.4 Å². The summed E-state index contributed by atoms with van der Waals surface area (Å²) in [4.78, 5) is 27.1. The molecule has 0 bridgehead atoms. The predicted molar refractivity (Wildman–Crippen MR) is 104 cm³/mol. The maximum absolute atomic E-state index is 12.7. The molecule has 4 nitrogen and oxygen atoms in total. The lowest BCUT2D eigenvalue weighted by Crippen LogP contribution is -2.32. The summed E-state index contributed by atoms with van der Waals surface area (Å²) in [5.41, 5.74) is 2.65. The van der Waals surface area contributed by atoms with Crippen molar-refractivity contribution in [2.45, 2.75) is 57.8 Å². The van der Waals surface area contributed by atoms with E-state index in [9.17, 15) is 9.59 Å². The topological polar surface area (TPSA) is 49.4 Å². The molecule has 0 radical (unpaired) electrons. The Morgan fingerprint density at radius 1 is 0.962 bits per heavy atom. The fraction of sp³-hybridized carbons (Fsp3) is 0.545. The lowest BCUT2D eigenvalue weighted by Gasteiger charge is -2.20. The van der Waals surface area contributed by atoms with Crippen molar-refractivity contribution in [2.75, 3.05) is 19.6 Å². The van der Waals surface area contributed by atoms with Gasteiger partial charge in [0, 0.05) is 30.8 Å². The summed E-state index contributed by atoms with van der Waals surface area (Å²) < 4.78 is 0. The molecular formula is C22H30N2O2. The van der Waals surface area contributed by atoms with Gasteiger partial charge in [-0.25, -0.2) is 0 Å². The second kappa shape index (κ2) is 9.56. The zero-order chi connectivity index (χ0) is 18.2. The van der Waals surface area contributed by atoms with Crippen LogP contribution in [0.3, 0.4) is 0 Å². The number of allylic oxidation sites excluding steroid dienone is 1. The van der Waals surface area contributed by atoms with E-state index in [1.807, 2.05) is 17.0 Å². The van der Waals surface area contributed by atoms with Crippen molar-refractivity contribution in [3.63, 3.8) is 0 Å². The molecule has 140 valence electrons. The van der Waals surface area contributed by atoms with Gasteiger partial charge < -0.3 is 10.2 Å². The molecule has 3 rings (SSSR count). The van der Waals surface area contributed by atoms with Crippen LogP contribution in [0.4, 0.5) is 0 Å². The highest BCUT2D eigenvalue weighted by Crippen LogP contribution is 2.19. The third-order valence-corrected chi connectivity index (χ3v) is 5.38. The van der Waals surface area contributed by atoms with Gasteiger partial charge in [0.25, 0.3) is 11.8 Å². The molecule has 1 saturated heterocycles. The monoisotopic (exact) mass is 354 g/mol. The Hall–Kier alpha value is -2.10. The Kier molecular flexibility index (Phi) is 6.87. The number of hydrogen-bond acceptors (Lipinski definition) is 2. The normalized spacial score (nSPS) is 18.0. The first-order valence-corrected chi connectivity index (χ1v) is 10.1. The number of likely N-dealkylation sites (tertiary alicyclic amines) is 1. The van der Waals surface area contributed by atoms with E-state index in [1.165, 1.54) is 37.7 Å². The minimum Gasteiger partial charge on any atom is -0.352 e. The maximum Gasteiger partial charge on any atom is 0.253 e. The van der Waals surface area contributed by atoms with Gasteiger partial charge in [-0.05, 0) is 63.1 Å². The number of nitrogens with zero attached hydrogens (tertiary/aromatic N) is 1. The number of rotatable bonds is 5. The molecule has 1 aliphatic carbocycles. The van der Waals surface area contributed by atoms with Crippen LogP contribution in [0.15, 0.2) is 35.9 Å². The summed E-state index contributed by atoms with van der Waals surface area (Å²) in [7, 11) is 0. The van der Waals surface area contributed by atoms with Crippen LogP contribution < -0.4 is 5.32 Å². The Morgan fingerprint density at radius 2 is 1.73 bits per heavy atom. The molecule has 2 amide bonds. The van der Waals surface area contributed by atoms with Gasteiger partial charge in [0.05, 0.1) is 0 Å². The highest BCUT2D eigenvalue weighted by molar-refractivity contribution is 5.99. The molecule has 1 aliphatic heterocycles. The number of carbonyl (C=O) groups is 2. The third-order valence-electron chi connectivity index (χ3n) is 5.38. The summed E-state index contributed by atoms with van der Waals surface area (Å²) in [5, 5.41) is 3.00. The van der Waals surface area contributed by atoms with Crippen molar-refractivity contribution < 1.29 is 9.59 Å². The average Bonchev–Trinajstić information content (AvgIpc) is 2.98. The largest absolute Gasteiger partial charge is 0.352 e. The second-order valence-corrected chi connectivity index (χ2v) is 7.40. The molecular weight excluding hydrogens is 324 g/mol. The van der Waals surface area contributed by atoms with Gasteiger partial charge in [-0.3, -0.25) is 9.59 Å². The number of hydrogen-bond donors (Lipinski definition) is 1. The first-order chi connectivity index (χ1) is 12.7. The molecule has 0 unspecified atom stereocenters. The zero-order valence-corrected chi connectivity index (χ0v) is 15.6. The van der Waals surface area contributed by atoms with E-state index < -0.39 is 0 Å². The van der Waals surface area contributed by atoms with Crippen LogP contribution in [-0.2, 0) is 0 Å². The van der Waals surface area contributed by atoms with E-state index in [0.717, 1.165) is 38.8 Å². The van der Waals surface area contributed by atoms with Crippen molar-refractivity contribution in [3.05, 3.63) is 47.0 Å². The molecule has 1 aromatic rings. The molecule has 0 aromatic heterocycles. The van der Waals surface area contributed by atoms with E-state index >= 15 is 0 Å². The fourth-order valence-electron chi connectivity index (χ4n) is 3.82. The lowest BCUT2D eigenvalue weighted by atomic mass is 9.97. The molecule has 2 aliphatic rings. The highest BCUT2D eigenvalue weighted by atomic mass is 16.2. The summed E-state index contributed by atoms with van der Waals surface area (Å²) >= 11 is 0. The van der Waals surface area contributed by atoms with Crippen LogP contribution in [0, 0.1) is 0 Å². The fourth-order valence-corrected chi connectivity index (χ4v) is 3.82. The van der Waals surface area contributed by atoms with Crippen LogP contribution in [0.5, 0.6) is 0 Å². The standard InChI is InChI=1S/C22H30N2O2/c25-21(23-14-13-18-9-4-3-5-10-18)19-11-8-12-20(17-19)22(26)24-15-6-1-2-7-16-24/h8-9,11-12,17H,1-7,10,13-16H2,(H,23,25). The number of carbonyl (C=O) groups excluding carboxylic acids is 2. The van der Waals surface area contributed by atoms with Crippen molar-refractivity contribution in [3.8, 4) is 0 Å². The first kappa shape index (κ1) is 18.7. The summed E-state index contributed by atoms with van der Waals surface area (Å²) in [5.74, 6) is -0.0409. The van der Waals surface area contributed by atoms with E-state index in [1.54, 1.807) is 12.1 Å².